The molecule has 4 nitrogen and oxygen atoms in total. The molecule has 0 radical (unpaired) electrons. The number of hydrogen-bond donors (Lipinski definition) is 1. The maximum absolute atomic E-state index is 12.2. The summed E-state index contributed by atoms with van der Waals surface area (Å²) >= 11 is 0. The molecule has 1 fully saturated rings. The Labute approximate surface area is 141 Å². The SMILES string of the molecule is O=C(NCC1CCCO1)c1ccc(-c2ccc3c(c2)OCC3)cc1. The average molecular weight is 323 g/mol. The lowest BCUT2D eigenvalue weighted by atomic mass is 10.0. The topological polar surface area (TPSA) is 47.6 Å². The molecule has 24 heavy (non-hydrogen) atoms. The zero-order chi connectivity index (χ0) is 16.4. The molecule has 4 rings (SSSR count). The van der Waals surface area contributed by atoms with Crippen molar-refractivity contribution in [2.45, 2.75) is 25.4 Å². The first-order valence-corrected chi connectivity index (χ1v) is 8.55. The molecule has 2 aromatic rings. The number of carbonyl (C=O) groups is 1. The van der Waals surface area contributed by atoms with E-state index in [0.29, 0.717) is 12.1 Å². The molecule has 0 aromatic heterocycles. The van der Waals surface area contributed by atoms with Gasteiger partial charge in [-0.3, -0.25) is 4.79 Å². The van der Waals surface area contributed by atoms with Crippen LogP contribution in [0.5, 0.6) is 5.75 Å². The van der Waals surface area contributed by atoms with Gasteiger partial charge in [0.15, 0.2) is 0 Å². The molecular weight excluding hydrogens is 302 g/mol. The standard InChI is InChI=1S/C20H21NO3/c22-20(21-13-18-2-1-10-23-18)16-6-3-14(4-7-16)17-8-5-15-9-11-24-19(15)12-17/h3-8,12,18H,1-2,9-11,13H2,(H,21,22). The van der Waals surface area contributed by atoms with E-state index in [9.17, 15) is 4.79 Å². The van der Waals surface area contributed by atoms with E-state index >= 15 is 0 Å². The van der Waals surface area contributed by atoms with Crippen LogP contribution < -0.4 is 10.1 Å². The normalized spacial score (nSPS) is 18.9. The molecule has 4 heteroatoms. The number of fused-ring (bicyclic) bond motifs is 1. The minimum absolute atomic E-state index is 0.0469. The molecule has 0 aliphatic carbocycles. The van der Waals surface area contributed by atoms with Crippen molar-refractivity contribution in [3.63, 3.8) is 0 Å². The quantitative estimate of drug-likeness (QED) is 0.940. The Balaban J connectivity index is 1.43. The van der Waals surface area contributed by atoms with Crippen molar-refractivity contribution in [2.24, 2.45) is 0 Å². The van der Waals surface area contributed by atoms with E-state index in [1.807, 2.05) is 24.3 Å². The van der Waals surface area contributed by atoms with Crippen LogP contribution in [0, 0.1) is 0 Å². The highest BCUT2D eigenvalue weighted by Gasteiger charge is 2.17. The molecule has 0 bridgehead atoms. The second kappa shape index (κ2) is 6.65. The number of carbonyl (C=O) groups excluding carboxylic acids is 1. The van der Waals surface area contributed by atoms with Gasteiger partial charge in [-0.25, -0.2) is 0 Å². The second-order valence-corrected chi connectivity index (χ2v) is 6.34. The van der Waals surface area contributed by atoms with E-state index in [0.717, 1.165) is 49.4 Å². The number of benzene rings is 2. The van der Waals surface area contributed by atoms with E-state index in [1.165, 1.54) is 5.56 Å². The summed E-state index contributed by atoms with van der Waals surface area (Å²) in [5.74, 6) is 0.931. The van der Waals surface area contributed by atoms with Gasteiger partial charge in [0.2, 0.25) is 0 Å². The van der Waals surface area contributed by atoms with Crippen molar-refractivity contribution in [3.8, 4) is 16.9 Å². The summed E-state index contributed by atoms with van der Waals surface area (Å²) in [7, 11) is 0. The van der Waals surface area contributed by atoms with Crippen molar-refractivity contribution < 1.29 is 14.3 Å². The third-order valence-electron chi connectivity index (χ3n) is 4.69. The Hall–Kier alpha value is -2.33. The van der Waals surface area contributed by atoms with Crippen molar-refractivity contribution in [1.82, 2.24) is 5.32 Å². The highest BCUT2D eigenvalue weighted by atomic mass is 16.5. The molecule has 1 amide bonds. The van der Waals surface area contributed by atoms with Gasteiger partial charge in [-0.2, -0.15) is 0 Å². The maximum Gasteiger partial charge on any atom is 0.251 e. The fraction of sp³-hybridized carbons (Fsp3) is 0.350. The van der Waals surface area contributed by atoms with Crippen LogP contribution >= 0.6 is 0 Å². The molecule has 2 aliphatic heterocycles. The Morgan fingerprint density at radius 1 is 1.08 bits per heavy atom. The first-order chi connectivity index (χ1) is 11.8. The molecular formula is C20H21NO3. The Kier molecular flexibility index (Phi) is 4.22. The Morgan fingerprint density at radius 3 is 2.71 bits per heavy atom. The number of rotatable bonds is 4. The van der Waals surface area contributed by atoms with Crippen LogP contribution in [0.25, 0.3) is 11.1 Å². The van der Waals surface area contributed by atoms with E-state index < -0.39 is 0 Å². The van der Waals surface area contributed by atoms with Crippen LogP contribution in [0.3, 0.4) is 0 Å². The van der Waals surface area contributed by atoms with Crippen LogP contribution in [-0.4, -0.2) is 31.8 Å². The number of amides is 1. The second-order valence-electron chi connectivity index (χ2n) is 6.34. The predicted octanol–water partition coefficient (Wildman–Crippen LogP) is 3.20. The lowest BCUT2D eigenvalue weighted by molar-refractivity contribution is 0.0858. The van der Waals surface area contributed by atoms with Gasteiger partial charge in [0.25, 0.3) is 5.91 Å². The van der Waals surface area contributed by atoms with E-state index in [4.69, 9.17) is 9.47 Å². The highest BCUT2D eigenvalue weighted by Crippen LogP contribution is 2.31. The maximum atomic E-state index is 12.2. The number of ether oxygens (including phenoxy) is 2. The fourth-order valence-corrected chi connectivity index (χ4v) is 3.27. The largest absolute Gasteiger partial charge is 0.493 e. The third kappa shape index (κ3) is 3.15. The lowest BCUT2D eigenvalue weighted by Gasteiger charge is -2.11. The molecule has 2 aliphatic rings. The van der Waals surface area contributed by atoms with Gasteiger partial charge in [-0.15, -0.1) is 0 Å². The summed E-state index contributed by atoms with van der Waals surface area (Å²) in [5, 5.41) is 2.95. The van der Waals surface area contributed by atoms with Gasteiger partial charge in [-0.05, 0) is 47.7 Å². The summed E-state index contributed by atoms with van der Waals surface area (Å²) in [6.07, 6.45) is 3.26. The summed E-state index contributed by atoms with van der Waals surface area (Å²) in [6.45, 7) is 2.16. The summed E-state index contributed by atoms with van der Waals surface area (Å²) in [4.78, 5) is 12.2. The minimum atomic E-state index is -0.0469. The first-order valence-electron chi connectivity index (χ1n) is 8.55. The van der Waals surface area contributed by atoms with Crippen molar-refractivity contribution in [1.29, 1.82) is 0 Å². The summed E-state index contributed by atoms with van der Waals surface area (Å²) in [5.41, 5.74) is 4.14. The molecule has 2 heterocycles. The lowest BCUT2D eigenvalue weighted by Crippen LogP contribution is -2.31. The van der Waals surface area contributed by atoms with Crippen molar-refractivity contribution in [2.75, 3.05) is 19.8 Å². The molecule has 0 saturated carbocycles. The molecule has 1 atom stereocenters. The smallest absolute Gasteiger partial charge is 0.251 e. The Morgan fingerprint density at radius 2 is 1.92 bits per heavy atom. The van der Waals surface area contributed by atoms with Crippen LogP contribution in [0.4, 0.5) is 0 Å². The molecule has 1 unspecified atom stereocenters. The Bertz CT molecular complexity index is 733. The molecule has 1 N–H and O–H groups in total. The van der Waals surface area contributed by atoms with Crippen molar-refractivity contribution >= 4 is 5.91 Å². The zero-order valence-corrected chi connectivity index (χ0v) is 13.6. The van der Waals surface area contributed by atoms with Crippen LogP contribution in [0.15, 0.2) is 42.5 Å². The minimum Gasteiger partial charge on any atom is -0.493 e. The molecule has 1 saturated heterocycles. The van der Waals surface area contributed by atoms with E-state index in [2.05, 4.69) is 23.5 Å². The molecule has 0 spiro atoms. The fourth-order valence-electron chi connectivity index (χ4n) is 3.27. The average Bonchev–Trinajstić information content (AvgIpc) is 3.30. The number of nitrogens with one attached hydrogen (secondary N) is 1. The monoisotopic (exact) mass is 323 g/mol. The van der Waals surface area contributed by atoms with Crippen molar-refractivity contribution in [3.05, 3.63) is 53.6 Å². The van der Waals surface area contributed by atoms with Gasteiger partial charge >= 0.3 is 0 Å². The van der Waals surface area contributed by atoms with Gasteiger partial charge in [0, 0.05) is 25.1 Å². The summed E-state index contributed by atoms with van der Waals surface area (Å²) in [6, 6.07) is 14.0. The van der Waals surface area contributed by atoms with Gasteiger partial charge in [0.05, 0.1) is 12.7 Å². The highest BCUT2D eigenvalue weighted by molar-refractivity contribution is 5.94. The van der Waals surface area contributed by atoms with E-state index in [1.54, 1.807) is 0 Å². The van der Waals surface area contributed by atoms with Crippen LogP contribution in [-0.2, 0) is 11.2 Å². The van der Waals surface area contributed by atoms with Crippen LogP contribution in [0.1, 0.15) is 28.8 Å². The van der Waals surface area contributed by atoms with Gasteiger partial charge in [-0.1, -0.05) is 24.3 Å². The van der Waals surface area contributed by atoms with E-state index in [-0.39, 0.29) is 12.0 Å². The predicted molar refractivity (Wildman–Crippen MR) is 92.4 cm³/mol. The first kappa shape index (κ1) is 15.2. The molecule has 2 aromatic carbocycles. The van der Waals surface area contributed by atoms with Gasteiger partial charge < -0.3 is 14.8 Å². The number of hydrogen-bond acceptors (Lipinski definition) is 3. The third-order valence-corrected chi connectivity index (χ3v) is 4.69. The van der Waals surface area contributed by atoms with Gasteiger partial charge in [0.1, 0.15) is 5.75 Å². The zero-order valence-electron chi connectivity index (χ0n) is 13.6. The van der Waals surface area contributed by atoms with Crippen LogP contribution in [0.2, 0.25) is 0 Å². The molecule has 124 valence electrons. The summed E-state index contributed by atoms with van der Waals surface area (Å²) < 4.78 is 11.2.